The van der Waals surface area contributed by atoms with Crippen molar-refractivity contribution in [2.75, 3.05) is 13.2 Å². The van der Waals surface area contributed by atoms with Crippen molar-refractivity contribution in [3.63, 3.8) is 0 Å². The lowest BCUT2D eigenvalue weighted by Crippen LogP contribution is -2.62. The highest BCUT2D eigenvalue weighted by Gasteiger charge is 2.44. The molecule has 0 spiro atoms. The minimum absolute atomic E-state index is 0.0307. The Hall–Kier alpha value is -0.870. The van der Waals surface area contributed by atoms with Crippen molar-refractivity contribution in [1.82, 2.24) is 4.90 Å². The van der Waals surface area contributed by atoms with Crippen LogP contribution in [0.1, 0.15) is 74.1 Å². The van der Waals surface area contributed by atoms with E-state index in [9.17, 15) is 9.90 Å². The highest BCUT2D eigenvalue weighted by atomic mass is 16.5. The lowest BCUT2D eigenvalue weighted by Gasteiger charge is -2.54. The van der Waals surface area contributed by atoms with Crippen LogP contribution in [0.5, 0.6) is 0 Å². The molecule has 140 valence electrons. The molecule has 0 aromatic carbocycles. The quantitative estimate of drug-likeness (QED) is 0.588. The fraction of sp³-hybridized carbons (Fsp3) is 0.850. The summed E-state index contributed by atoms with van der Waals surface area (Å²) in [4.78, 5) is 14.3. The number of piperidine rings is 1. The van der Waals surface area contributed by atoms with Crippen LogP contribution < -0.4 is 0 Å². The maximum atomic E-state index is 12.0. The number of nitrogens with zero attached hydrogens (tertiary/aromatic N) is 1. The van der Waals surface area contributed by atoms with Crippen LogP contribution in [0, 0.1) is 5.41 Å². The van der Waals surface area contributed by atoms with Crippen LogP contribution in [0.2, 0.25) is 0 Å². The summed E-state index contributed by atoms with van der Waals surface area (Å²) < 4.78 is 5.44. The van der Waals surface area contributed by atoms with Crippen molar-refractivity contribution in [1.29, 1.82) is 0 Å². The molecule has 1 aliphatic heterocycles. The Labute approximate surface area is 148 Å². The number of aliphatic hydroxyl groups is 1. The number of carbonyl (C=O) groups is 1. The second-order valence-corrected chi connectivity index (χ2v) is 9.41. The molecule has 0 aliphatic carbocycles. The number of allylic oxidation sites excluding steroid dienone is 1. The van der Waals surface area contributed by atoms with Crippen LogP contribution in [-0.4, -0.2) is 46.3 Å². The molecule has 24 heavy (non-hydrogen) atoms. The third-order valence-electron chi connectivity index (χ3n) is 5.20. The molecule has 0 saturated carbocycles. The van der Waals surface area contributed by atoms with Crippen molar-refractivity contribution in [3.8, 4) is 0 Å². The third kappa shape index (κ3) is 5.89. The average Bonchev–Trinajstić information content (AvgIpc) is 2.36. The summed E-state index contributed by atoms with van der Waals surface area (Å²) in [5.74, 6) is -0.159. The van der Waals surface area contributed by atoms with Gasteiger partial charge >= 0.3 is 5.97 Å². The lowest BCUT2D eigenvalue weighted by atomic mass is 9.78. The number of hydrogen-bond donors (Lipinski definition) is 1. The zero-order chi connectivity index (χ0) is 18.8. The van der Waals surface area contributed by atoms with E-state index in [1.165, 1.54) is 0 Å². The second kappa shape index (κ2) is 7.57. The van der Waals surface area contributed by atoms with Gasteiger partial charge in [-0.05, 0) is 52.4 Å². The Morgan fingerprint density at radius 3 is 2.12 bits per heavy atom. The number of hydrogen-bond acceptors (Lipinski definition) is 4. The van der Waals surface area contributed by atoms with E-state index in [1.807, 2.05) is 0 Å². The zero-order valence-electron chi connectivity index (χ0n) is 16.7. The molecule has 1 saturated heterocycles. The first-order chi connectivity index (χ1) is 10.8. The molecule has 1 heterocycles. The van der Waals surface area contributed by atoms with E-state index >= 15 is 0 Å². The normalized spacial score (nSPS) is 21.5. The number of carbonyl (C=O) groups excluding carboxylic acids is 1. The van der Waals surface area contributed by atoms with E-state index in [1.54, 1.807) is 0 Å². The fourth-order valence-corrected chi connectivity index (χ4v) is 3.82. The molecule has 0 amide bonds. The van der Waals surface area contributed by atoms with E-state index in [0.717, 1.165) is 18.4 Å². The van der Waals surface area contributed by atoms with Crippen molar-refractivity contribution < 1.29 is 14.6 Å². The topological polar surface area (TPSA) is 49.8 Å². The van der Waals surface area contributed by atoms with Gasteiger partial charge in [-0.1, -0.05) is 32.9 Å². The molecule has 4 nitrogen and oxygen atoms in total. The number of aliphatic hydroxyl groups excluding tert-OH is 1. The Balaban J connectivity index is 2.46. The van der Waals surface area contributed by atoms with Gasteiger partial charge in [0, 0.05) is 24.0 Å². The minimum atomic E-state index is -0.266. The van der Waals surface area contributed by atoms with Gasteiger partial charge < -0.3 is 9.84 Å². The molecule has 4 heteroatoms. The van der Waals surface area contributed by atoms with Crippen LogP contribution >= 0.6 is 0 Å². The molecule has 0 unspecified atom stereocenters. The molecule has 1 rings (SSSR count). The van der Waals surface area contributed by atoms with E-state index in [4.69, 9.17) is 4.74 Å². The smallest absolute Gasteiger partial charge is 0.306 e. The van der Waals surface area contributed by atoms with Crippen molar-refractivity contribution in [3.05, 3.63) is 12.2 Å². The summed E-state index contributed by atoms with van der Waals surface area (Å²) in [6.07, 6.45) is 2.29. The van der Waals surface area contributed by atoms with Gasteiger partial charge in [0.15, 0.2) is 0 Å². The first-order valence-corrected chi connectivity index (χ1v) is 9.05. The van der Waals surface area contributed by atoms with Crippen molar-refractivity contribution in [2.45, 2.75) is 91.3 Å². The van der Waals surface area contributed by atoms with Gasteiger partial charge in [0.1, 0.15) is 6.61 Å². The monoisotopic (exact) mass is 339 g/mol. The summed E-state index contributed by atoms with van der Waals surface area (Å²) in [6.45, 7) is 20.0. The highest BCUT2D eigenvalue weighted by Crippen LogP contribution is 2.38. The van der Waals surface area contributed by atoms with Crippen LogP contribution in [0.4, 0.5) is 0 Å². The summed E-state index contributed by atoms with van der Waals surface area (Å²) >= 11 is 0. The fourth-order valence-electron chi connectivity index (χ4n) is 3.82. The SMILES string of the molecule is C=C(CCC(=O)OCCN1C(C)(C)CC(O)CC1(C)C)C(C)(C)C. The van der Waals surface area contributed by atoms with Gasteiger partial charge in [0.2, 0.25) is 0 Å². The Morgan fingerprint density at radius 2 is 1.67 bits per heavy atom. The second-order valence-electron chi connectivity index (χ2n) is 9.41. The van der Waals surface area contributed by atoms with E-state index in [0.29, 0.717) is 26.0 Å². The number of esters is 1. The summed E-state index contributed by atoms with van der Waals surface area (Å²) in [6, 6.07) is 0. The van der Waals surface area contributed by atoms with Crippen molar-refractivity contribution in [2.24, 2.45) is 5.41 Å². The largest absolute Gasteiger partial charge is 0.464 e. The Morgan fingerprint density at radius 1 is 1.17 bits per heavy atom. The van der Waals surface area contributed by atoms with Gasteiger partial charge in [-0.25, -0.2) is 0 Å². The summed E-state index contributed by atoms with van der Waals surface area (Å²) in [7, 11) is 0. The van der Waals surface area contributed by atoms with Crippen LogP contribution in [-0.2, 0) is 9.53 Å². The first-order valence-electron chi connectivity index (χ1n) is 9.05. The molecule has 1 fully saturated rings. The van der Waals surface area contributed by atoms with Crippen LogP contribution in [0.3, 0.4) is 0 Å². The van der Waals surface area contributed by atoms with Gasteiger partial charge in [-0.15, -0.1) is 0 Å². The van der Waals surface area contributed by atoms with E-state index in [-0.39, 0.29) is 28.6 Å². The average molecular weight is 340 g/mol. The minimum Gasteiger partial charge on any atom is -0.464 e. The molecular formula is C20H37NO3. The molecular weight excluding hydrogens is 302 g/mol. The number of likely N-dealkylation sites (tertiary alicyclic amines) is 1. The van der Waals surface area contributed by atoms with E-state index in [2.05, 4.69) is 59.9 Å². The molecule has 0 radical (unpaired) electrons. The van der Waals surface area contributed by atoms with Crippen molar-refractivity contribution >= 4 is 5.97 Å². The summed E-state index contributed by atoms with van der Waals surface area (Å²) in [5, 5.41) is 10.1. The Bertz CT molecular complexity index is 442. The molecule has 0 aromatic rings. The molecule has 0 aromatic heterocycles. The molecule has 0 bridgehead atoms. The molecule has 0 atom stereocenters. The van der Waals surface area contributed by atoms with E-state index < -0.39 is 0 Å². The molecule has 1 aliphatic rings. The van der Waals surface area contributed by atoms with Crippen LogP contribution in [0.15, 0.2) is 12.2 Å². The maximum Gasteiger partial charge on any atom is 0.306 e. The first kappa shape index (κ1) is 21.2. The zero-order valence-corrected chi connectivity index (χ0v) is 16.7. The van der Waals surface area contributed by atoms with Gasteiger partial charge in [-0.3, -0.25) is 9.69 Å². The lowest BCUT2D eigenvalue weighted by molar-refractivity contribution is -0.147. The maximum absolute atomic E-state index is 12.0. The predicted molar refractivity (Wildman–Crippen MR) is 98.9 cm³/mol. The van der Waals surface area contributed by atoms with Gasteiger partial charge in [0.25, 0.3) is 0 Å². The highest BCUT2D eigenvalue weighted by molar-refractivity contribution is 5.69. The Kier molecular flexibility index (Phi) is 6.68. The number of rotatable bonds is 6. The standard InChI is InChI=1S/C20H37NO3/c1-15(18(2,3)4)9-10-17(23)24-12-11-21-19(5,6)13-16(22)14-20(21,7)8/h16,22H,1,9-14H2,2-8H3. The van der Waals surface area contributed by atoms with Gasteiger partial charge in [-0.2, -0.15) is 0 Å². The van der Waals surface area contributed by atoms with Gasteiger partial charge in [0.05, 0.1) is 6.10 Å². The predicted octanol–water partition coefficient (Wildman–Crippen LogP) is 3.93. The summed E-state index contributed by atoms with van der Waals surface area (Å²) in [5.41, 5.74) is 0.900. The third-order valence-corrected chi connectivity index (χ3v) is 5.20. The molecule has 1 N–H and O–H groups in total. The van der Waals surface area contributed by atoms with Crippen LogP contribution in [0.25, 0.3) is 0 Å². The number of ether oxygens (including phenoxy) is 1.